The molecule has 0 saturated carbocycles. The predicted octanol–water partition coefficient (Wildman–Crippen LogP) is 6.03. The lowest BCUT2D eigenvalue weighted by Crippen LogP contribution is -2.54. The van der Waals surface area contributed by atoms with Crippen molar-refractivity contribution in [2.45, 2.75) is 116 Å². The Morgan fingerprint density at radius 1 is 0.701 bits per heavy atom. The van der Waals surface area contributed by atoms with E-state index in [1.54, 1.807) is 62.4 Å². The Morgan fingerprint density at radius 2 is 1.38 bits per heavy atom. The van der Waals surface area contributed by atoms with E-state index in [0.717, 1.165) is 28.0 Å². The summed E-state index contributed by atoms with van der Waals surface area (Å²) < 4.78 is 24.1. The van der Waals surface area contributed by atoms with Crippen molar-refractivity contribution in [3.8, 4) is 23.0 Å². The number of carbonyl (C=O) groups is 8. The fraction of sp³-hybridized carbons (Fsp3) is 0.375. The third-order valence-corrected chi connectivity index (χ3v) is 16.2. The van der Waals surface area contributed by atoms with Crippen molar-refractivity contribution in [2.24, 2.45) is 16.6 Å². The molecule has 0 radical (unpaired) electrons. The molecule has 0 saturated heterocycles. The molecular formula is C64H71N11O12. The zero-order valence-corrected chi connectivity index (χ0v) is 49.0. The number of nitrogens with zero attached hydrogens (tertiary/aromatic N) is 5. The zero-order chi connectivity index (χ0) is 61.3. The number of nitrogens with one attached hydrogen (secondary N) is 5. The van der Waals surface area contributed by atoms with E-state index in [2.05, 4.69) is 38.7 Å². The highest BCUT2D eigenvalue weighted by Crippen LogP contribution is 2.41. The van der Waals surface area contributed by atoms with Crippen LogP contribution in [0.5, 0.6) is 23.0 Å². The molecule has 1 unspecified atom stereocenters. The Bertz CT molecular complexity index is 3550. The van der Waals surface area contributed by atoms with Crippen LogP contribution < -0.4 is 51.3 Å². The molecule has 10 rings (SSSR count). The van der Waals surface area contributed by atoms with Crippen LogP contribution in [0.2, 0.25) is 0 Å². The second-order valence-corrected chi connectivity index (χ2v) is 22.4. The molecule has 5 aromatic rings. The average Bonchev–Trinajstić information content (AvgIpc) is 2.82. The van der Waals surface area contributed by atoms with Gasteiger partial charge in [-0.05, 0) is 103 Å². The predicted molar refractivity (Wildman–Crippen MR) is 322 cm³/mol. The summed E-state index contributed by atoms with van der Waals surface area (Å²) in [4.78, 5) is 119. The Hall–Kier alpha value is -9.80. The first-order valence-electron chi connectivity index (χ1n) is 29.2. The summed E-state index contributed by atoms with van der Waals surface area (Å²) >= 11 is 0. The van der Waals surface area contributed by atoms with Crippen LogP contribution in [0, 0.1) is 5.92 Å². The van der Waals surface area contributed by atoms with E-state index in [-0.39, 0.29) is 93.6 Å². The second-order valence-electron chi connectivity index (χ2n) is 22.4. The number of aromatic nitrogens is 1. The number of methoxy groups -OCH3 is 2. The average molecular weight is 1190 g/mol. The van der Waals surface area contributed by atoms with Gasteiger partial charge in [0, 0.05) is 75.3 Å². The van der Waals surface area contributed by atoms with Crippen molar-refractivity contribution in [2.75, 3.05) is 44.5 Å². The van der Waals surface area contributed by atoms with E-state index in [1.165, 1.54) is 24.8 Å². The summed E-state index contributed by atoms with van der Waals surface area (Å²) in [6.45, 7) is 5.40. The van der Waals surface area contributed by atoms with Crippen LogP contribution in [-0.2, 0) is 63.1 Å². The number of rotatable bonds is 24. The van der Waals surface area contributed by atoms with Crippen LogP contribution in [0.3, 0.4) is 0 Å². The zero-order valence-electron chi connectivity index (χ0n) is 49.0. The molecule has 454 valence electrons. The Morgan fingerprint density at radius 3 is 2.09 bits per heavy atom. The monoisotopic (exact) mass is 1190 g/mol. The van der Waals surface area contributed by atoms with E-state index in [0.29, 0.717) is 101 Å². The van der Waals surface area contributed by atoms with Gasteiger partial charge in [-0.2, -0.15) is 0 Å². The van der Waals surface area contributed by atoms with Gasteiger partial charge in [-0.3, -0.25) is 48.4 Å². The molecule has 4 atom stereocenters. The quantitative estimate of drug-likeness (QED) is 0.0304. The summed E-state index contributed by atoms with van der Waals surface area (Å²) in [5.74, 6) is -1.36. The van der Waals surface area contributed by atoms with Gasteiger partial charge in [0.2, 0.25) is 17.7 Å². The molecule has 0 fully saturated rings. The van der Waals surface area contributed by atoms with Gasteiger partial charge in [-0.1, -0.05) is 56.7 Å². The molecule has 0 bridgehead atoms. The molecule has 4 aromatic carbocycles. The second kappa shape index (κ2) is 27.1. The smallest absolute Gasteiger partial charge is 0.312 e. The largest absolute Gasteiger partial charge is 0.493 e. The first-order valence-corrected chi connectivity index (χ1v) is 29.2. The molecule has 5 aliphatic rings. The SMILES string of the molecule is COc1cc2c(cc1OCc1cccc(COc3cc4c(cc3OC)C(=O)N3Cc5ccccc5C[C@H]3CN4)n1)N=CC1Cc3ccc(NC(=O)[C@H](CCCNC(N)=O)NC(=O)[C@@H](NC(=O)CCCCCN4C(=O)C=CC4=O)C(C)C)cc3CN1C2=O. The number of ether oxygens (including phenoxy) is 4. The van der Waals surface area contributed by atoms with Gasteiger partial charge in [-0.15, -0.1) is 0 Å². The molecule has 23 nitrogen and oxygen atoms in total. The molecule has 1 aromatic heterocycles. The van der Waals surface area contributed by atoms with Gasteiger partial charge in [0.25, 0.3) is 23.6 Å². The van der Waals surface area contributed by atoms with Crippen LogP contribution >= 0.6 is 0 Å². The number of imide groups is 1. The standard InChI is InChI=1S/C64H71N11O12/c1-37(2)59(72-56(76)17-6-5-9-23-73-57(77)20-21-58(73)78)61(80)71-49(16-11-22-66-64(65)83)60(79)70-42-19-18-39-26-46-32-68-51-30-55(53(85-4)28-48(51)63(82)75(46)34-41(39)24-42)87-36-44-15-10-14-43(69-44)35-86-54-29-50-47(27-52(54)84-3)62(81)74-33-40-13-8-7-12-38(40)25-45(74)31-67-50/h7-8,10,12-15,18-21,24,27-30,32,37,45-46,49,59,67H,5-6,9,11,16-17,22-23,25-26,31,33-36H2,1-4H3,(H,70,79)(H,71,80)(H,72,76)(H3,65,66,83)/t45-,46?,49-,59-/m0/s1. The minimum Gasteiger partial charge on any atom is -0.493 e. The fourth-order valence-corrected chi connectivity index (χ4v) is 11.4. The van der Waals surface area contributed by atoms with E-state index < -0.39 is 36.0 Å². The van der Waals surface area contributed by atoms with E-state index >= 15 is 0 Å². The van der Waals surface area contributed by atoms with Crippen molar-refractivity contribution in [1.82, 2.24) is 35.6 Å². The lowest BCUT2D eigenvalue weighted by molar-refractivity contribution is -0.137. The van der Waals surface area contributed by atoms with Gasteiger partial charge >= 0.3 is 6.03 Å². The first kappa shape index (κ1) is 60.3. The summed E-state index contributed by atoms with van der Waals surface area (Å²) in [6, 6.07) is 22.8. The summed E-state index contributed by atoms with van der Waals surface area (Å²) in [7, 11) is 3.03. The highest BCUT2D eigenvalue weighted by atomic mass is 16.5. The Balaban J connectivity index is 0.751. The number of hydrogen-bond donors (Lipinski definition) is 6. The van der Waals surface area contributed by atoms with Crippen molar-refractivity contribution in [3.63, 3.8) is 0 Å². The van der Waals surface area contributed by atoms with Crippen molar-refractivity contribution < 1.29 is 57.3 Å². The number of aliphatic imine (C=N–C) groups is 1. The van der Waals surface area contributed by atoms with Crippen LogP contribution in [0.4, 0.5) is 21.9 Å². The number of urea groups is 1. The first-order chi connectivity index (χ1) is 42.0. The van der Waals surface area contributed by atoms with Gasteiger partial charge in [-0.25, -0.2) is 4.79 Å². The number of amides is 9. The lowest BCUT2D eigenvalue weighted by Gasteiger charge is -2.35. The summed E-state index contributed by atoms with van der Waals surface area (Å²) in [5.41, 5.74) is 12.9. The van der Waals surface area contributed by atoms with Crippen molar-refractivity contribution in [1.29, 1.82) is 0 Å². The van der Waals surface area contributed by atoms with E-state index in [4.69, 9.17) is 34.7 Å². The number of pyridine rings is 1. The van der Waals surface area contributed by atoms with Crippen LogP contribution in [0.25, 0.3) is 0 Å². The molecule has 6 heterocycles. The van der Waals surface area contributed by atoms with Gasteiger partial charge in [0.05, 0.1) is 60.2 Å². The van der Waals surface area contributed by atoms with E-state index in [9.17, 15) is 38.4 Å². The van der Waals surface area contributed by atoms with Crippen molar-refractivity contribution >= 4 is 70.7 Å². The van der Waals surface area contributed by atoms with Crippen LogP contribution in [0.15, 0.2) is 102 Å². The Kier molecular flexibility index (Phi) is 18.8. The van der Waals surface area contributed by atoms with Crippen LogP contribution in [-0.4, -0.2) is 131 Å². The third-order valence-electron chi connectivity index (χ3n) is 16.2. The summed E-state index contributed by atoms with van der Waals surface area (Å²) in [6.07, 6.45) is 7.47. The number of carbonyl (C=O) groups excluding carboxylic acids is 8. The number of primary amides is 1. The Labute approximate surface area is 503 Å². The molecule has 0 aliphatic carbocycles. The maximum atomic E-state index is 14.5. The highest BCUT2D eigenvalue weighted by molar-refractivity contribution is 6.13. The lowest BCUT2D eigenvalue weighted by atomic mass is 9.93. The topological polar surface area (TPSA) is 295 Å². The molecule has 23 heteroatoms. The minimum absolute atomic E-state index is 0.000757. The minimum atomic E-state index is -1.08. The number of hydrogen-bond acceptors (Lipinski definition) is 15. The molecule has 7 N–H and O–H groups in total. The van der Waals surface area contributed by atoms with Crippen LogP contribution in [0.1, 0.15) is 107 Å². The number of anilines is 2. The van der Waals surface area contributed by atoms with Gasteiger partial charge in [0.15, 0.2) is 23.0 Å². The molecule has 9 amide bonds. The highest BCUT2D eigenvalue weighted by Gasteiger charge is 2.37. The number of unbranched alkanes of at least 4 members (excludes halogenated alkanes) is 2. The molecule has 5 aliphatic heterocycles. The number of nitrogens with two attached hydrogens (primary N) is 1. The number of fused-ring (bicyclic) bond motifs is 6. The third kappa shape index (κ3) is 14.1. The maximum Gasteiger partial charge on any atom is 0.312 e. The van der Waals surface area contributed by atoms with Gasteiger partial charge in [0.1, 0.15) is 25.3 Å². The number of benzene rings is 4. The molecule has 87 heavy (non-hydrogen) atoms. The summed E-state index contributed by atoms with van der Waals surface area (Å²) in [5, 5.41) is 14.5. The van der Waals surface area contributed by atoms with E-state index in [1.807, 2.05) is 47.4 Å². The normalized spacial score (nSPS) is 17.0. The molecular weight excluding hydrogens is 1110 g/mol. The fourth-order valence-electron chi connectivity index (χ4n) is 11.4. The maximum absolute atomic E-state index is 14.5. The molecule has 0 spiro atoms. The van der Waals surface area contributed by atoms with Crippen molar-refractivity contribution in [3.05, 3.63) is 142 Å². The van der Waals surface area contributed by atoms with Gasteiger partial charge < -0.3 is 61.1 Å².